The highest BCUT2D eigenvalue weighted by Gasteiger charge is 2.21. The van der Waals surface area contributed by atoms with Crippen LogP contribution in [0.4, 0.5) is 0 Å². The summed E-state index contributed by atoms with van der Waals surface area (Å²) in [5.41, 5.74) is 0. The van der Waals surface area contributed by atoms with Crippen LogP contribution < -0.4 is 0 Å². The van der Waals surface area contributed by atoms with Gasteiger partial charge in [-0.3, -0.25) is 4.79 Å². The molecule has 2 nitrogen and oxygen atoms in total. The Balaban J connectivity index is 2.45. The molecule has 0 aliphatic carbocycles. The average molecular weight is 197 g/mol. The molecular weight excluding hydrogens is 174 g/mol. The van der Waals surface area contributed by atoms with Crippen molar-refractivity contribution < 1.29 is 4.79 Å². The van der Waals surface area contributed by atoms with Crippen molar-refractivity contribution in [3.05, 3.63) is 0 Å². The molecule has 14 heavy (non-hydrogen) atoms. The van der Waals surface area contributed by atoms with Crippen molar-refractivity contribution in [3.8, 4) is 0 Å². The molecule has 1 heterocycles. The molecule has 1 aliphatic rings. The maximum atomic E-state index is 11.8. The largest absolute Gasteiger partial charge is 0.342 e. The maximum Gasteiger partial charge on any atom is 0.225 e. The van der Waals surface area contributed by atoms with Crippen LogP contribution in [0.1, 0.15) is 46.5 Å². The SMILES string of the molecule is CCC1CCCN(C(=O)C(C)C)CC1. The van der Waals surface area contributed by atoms with Crippen molar-refractivity contribution in [2.75, 3.05) is 13.1 Å². The fourth-order valence-electron chi connectivity index (χ4n) is 2.16. The van der Waals surface area contributed by atoms with Crippen LogP contribution in [0, 0.1) is 11.8 Å². The van der Waals surface area contributed by atoms with Crippen LogP contribution in [0.2, 0.25) is 0 Å². The molecule has 1 atom stereocenters. The minimum Gasteiger partial charge on any atom is -0.342 e. The normalized spacial score (nSPS) is 23.7. The Labute approximate surface area is 87.7 Å². The van der Waals surface area contributed by atoms with E-state index in [4.69, 9.17) is 0 Å². The fraction of sp³-hybridized carbons (Fsp3) is 0.917. The fourth-order valence-corrected chi connectivity index (χ4v) is 2.16. The summed E-state index contributed by atoms with van der Waals surface area (Å²) < 4.78 is 0. The quantitative estimate of drug-likeness (QED) is 0.666. The third kappa shape index (κ3) is 3.00. The Bertz CT molecular complexity index is 189. The summed E-state index contributed by atoms with van der Waals surface area (Å²) in [5.74, 6) is 1.34. The Morgan fingerprint density at radius 3 is 2.64 bits per heavy atom. The average Bonchev–Trinajstić information content (AvgIpc) is 2.41. The van der Waals surface area contributed by atoms with E-state index in [9.17, 15) is 4.79 Å². The summed E-state index contributed by atoms with van der Waals surface area (Å²) in [6, 6.07) is 0. The van der Waals surface area contributed by atoms with Crippen LogP contribution >= 0.6 is 0 Å². The van der Waals surface area contributed by atoms with Crippen LogP contribution in [-0.2, 0) is 4.79 Å². The lowest BCUT2D eigenvalue weighted by molar-refractivity contribution is -0.134. The number of carbonyl (C=O) groups excluding carboxylic acids is 1. The van der Waals surface area contributed by atoms with Crippen molar-refractivity contribution in [1.82, 2.24) is 4.90 Å². The molecule has 0 aromatic heterocycles. The van der Waals surface area contributed by atoms with Crippen molar-refractivity contribution >= 4 is 5.91 Å². The highest BCUT2D eigenvalue weighted by atomic mass is 16.2. The first-order valence-corrected chi connectivity index (χ1v) is 5.94. The van der Waals surface area contributed by atoms with Gasteiger partial charge in [-0.2, -0.15) is 0 Å². The molecule has 0 saturated carbocycles. The van der Waals surface area contributed by atoms with Gasteiger partial charge in [-0.25, -0.2) is 0 Å². The first-order chi connectivity index (χ1) is 6.65. The second-order valence-electron chi connectivity index (χ2n) is 4.69. The van der Waals surface area contributed by atoms with Crippen molar-refractivity contribution in [3.63, 3.8) is 0 Å². The monoisotopic (exact) mass is 197 g/mol. The molecule has 0 aromatic carbocycles. The molecule has 1 amide bonds. The molecule has 1 unspecified atom stereocenters. The molecule has 82 valence electrons. The lowest BCUT2D eigenvalue weighted by atomic mass is 9.98. The Kier molecular flexibility index (Phi) is 4.43. The van der Waals surface area contributed by atoms with Gasteiger partial charge in [0.1, 0.15) is 0 Å². The standard InChI is InChI=1S/C12H23NO/c1-4-11-6-5-8-13(9-7-11)12(14)10(2)3/h10-11H,4-9H2,1-3H3. The second kappa shape index (κ2) is 5.38. The van der Waals surface area contributed by atoms with Crippen LogP contribution in [0.5, 0.6) is 0 Å². The number of hydrogen-bond acceptors (Lipinski definition) is 1. The molecule has 0 N–H and O–H groups in total. The number of carbonyl (C=O) groups is 1. The summed E-state index contributed by atoms with van der Waals surface area (Å²) in [7, 11) is 0. The predicted octanol–water partition coefficient (Wildman–Crippen LogP) is 2.68. The molecule has 1 fully saturated rings. The molecule has 0 radical (unpaired) electrons. The van der Waals surface area contributed by atoms with Gasteiger partial charge < -0.3 is 4.90 Å². The van der Waals surface area contributed by atoms with Gasteiger partial charge in [0.05, 0.1) is 0 Å². The molecular formula is C12H23NO. The van der Waals surface area contributed by atoms with E-state index in [2.05, 4.69) is 11.8 Å². The molecule has 1 saturated heterocycles. The number of amides is 1. The van der Waals surface area contributed by atoms with Crippen LogP contribution in [-0.4, -0.2) is 23.9 Å². The minimum absolute atomic E-state index is 0.160. The lowest BCUT2D eigenvalue weighted by Gasteiger charge is -2.22. The lowest BCUT2D eigenvalue weighted by Crippen LogP contribution is -2.35. The Morgan fingerprint density at radius 2 is 2.07 bits per heavy atom. The summed E-state index contributed by atoms with van der Waals surface area (Å²) in [6.07, 6.45) is 4.97. The smallest absolute Gasteiger partial charge is 0.225 e. The Hall–Kier alpha value is -0.530. The van der Waals surface area contributed by atoms with E-state index in [0.717, 1.165) is 19.0 Å². The summed E-state index contributed by atoms with van der Waals surface area (Å²) in [4.78, 5) is 13.8. The van der Waals surface area contributed by atoms with Crippen LogP contribution in [0.15, 0.2) is 0 Å². The van der Waals surface area contributed by atoms with Gasteiger partial charge in [0, 0.05) is 19.0 Å². The van der Waals surface area contributed by atoms with Crippen molar-refractivity contribution in [2.24, 2.45) is 11.8 Å². The van der Waals surface area contributed by atoms with Crippen LogP contribution in [0.3, 0.4) is 0 Å². The van der Waals surface area contributed by atoms with E-state index in [1.807, 2.05) is 13.8 Å². The molecule has 0 bridgehead atoms. The van der Waals surface area contributed by atoms with Gasteiger partial charge in [-0.1, -0.05) is 27.2 Å². The van der Waals surface area contributed by atoms with Gasteiger partial charge in [0.15, 0.2) is 0 Å². The maximum absolute atomic E-state index is 11.8. The zero-order valence-corrected chi connectivity index (χ0v) is 9.75. The van der Waals surface area contributed by atoms with Gasteiger partial charge in [-0.05, 0) is 25.2 Å². The Morgan fingerprint density at radius 1 is 1.36 bits per heavy atom. The van der Waals surface area contributed by atoms with Crippen molar-refractivity contribution in [1.29, 1.82) is 0 Å². The topological polar surface area (TPSA) is 20.3 Å². The highest BCUT2D eigenvalue weighted by Crippen LogP contribution is 2.20. The highest BCUT2D eigenvalue weighted by molar-refractivity contribution is 5.78. The van der Waals surface area contributed by atoms with E-state index in [-0.39, 0.29) is 5.92 Å². The van der Waals surface area contributed by atoms with Crippen LogP contribution in [0.25, 0.3) is 0 Å². The predicted molar refractivity (Wildman–Crippen MR) is 59.1 cm³/mol. The third-order valence-electron chi connectivity index (χ3n) is 3.23. The minimum atomic E-state index is 0.160. The molecule has 1 aliphatic heterocycles. The molecule has 1 rings (SSSR count). The first-order valence-electron chi connectivity index (χ1n) is 5.94. The summed E-state index contributed by atoms with van der Waals surface area (Å²) in [6.45, 7) is 8.20. The van der Waals surface area contributed by atoms with E-state index < -0.39 is 0 Å². The zero-order chi connectivity index (χ0) is 10.6. The van der Waals surface area contributed by atoms with Gasteiger partial charge in [-0.15, -0.1) is 0 Å². The number of likely N-dealkylation sites (tertiary alicyclic amines) is 1. The first kappa shape index (κ1) is 11.5. The van der Waals surface area contributed by atoms with Gasteiger partial charge >= 0.3 is 0 Å². The van der Waals surface area contributed by atoms with E-state index in [1.54, 1.807) is 0 Å². The van der Waals surface area contributed by atoms with Crippen molar-refractivity contribution in [2.45, 2.75) is 46.5 Å². The number of rotatable bonds is 2. The van der Waals surface area contributed by atoms with Gasteiger partial charge in [0.25, 0.3) is 0 Å². The molecule has 2 heteroatoms. The number of nitrogens with zero attached hydrogens (tertiary/aromatic N) is 1. The zero-order valence-electron chi connectivity index (χ0n) is 9.75. The summed E-state index contributed by atoms with van der Waals surface area (Å²) >= 11 is 0. The van der Waals surface area contributed by atoms with Gasteiger partial charge in [0.2, 0.25) is 5.91 Å². The van der Waals surface area contributed by atoms with E-state index in [1.165, 1.54) is 25.7 Å². The third-order valence-corrected chi connectivity index (χ3v) is 3.23. The molecule has 0 aromatic rings. The van der Waals surface area contributed by atoms with E-state index in [0.29, 0.717) is 5.91 Å². The number of hydrogen-bond donors (Lipinski definition) is 0. The second-order valence-corrected chi connectivity index (χ2v) is 4.69. The summed E-state index contributed by atoms with van der Waals surface area (Å²) in [5, 5.41) is 0. The molecule has 0 spiro atoms. The van der Waals surface area contributed by atoms with E-state index >= 15 is 0 Å².